The molecule has 0 aliphatic heterocycles. The van der Waals surface area contributed by atoms with Gasteiger partial charge in [-0.15, -0.1) is 23.6 Å². The molecule has 0 saturated carbocycles. The van der Waals surface area contributed by atoms with Crippen molar-refractivity contribution in [2.45, 2.75) is 26.2 Å². The molecule has 10 aromatic carbocycles. The van der Waals surface area contributed by atoms with E-state index in [9.17, 15) is 0 Å². The van der Waals surface area contributed by atoms with E-state index in [1.54, 1.807) is 0 Å². The van der Waals surface area contributed by atoms with E-state index in [2.05, 4.69) is 282 Å². The second-order valence-electron chi connectivity index (χ2n) is 19.2. The standard InChI is InChI=1S/C66H47N5.Pt/c1-66(2,3)47-39-40-67-64(41-47)71-60-34-12-11-29-56(60)57-38-37-51(43-63(57)71)70(48-23-5-4-6-24-48)50-26-17-25-49(42-50)68-44-69(62-36-14-13-35-61(62)68)65-58(54-30-15-21-45-19-7-9-27-52(45)54)32-18-33-59(65)55-31-16-22-46-20-8-10-28-53(46)55;/h4-41H,1-3H3;/q-2;. The fraction of sp³-hybridized carbons (Fsp3) is 0.0606. The van der Waals surface area contributed by atoms with Gasteiger partial charge >= 0.3 is 0 Å². The molecular formula is C66H47N5Pt-2. The van der Waals surface area contributed by atoms with Crippen LogP contribution >= 0.6 is 0 Å². The quantitative estimate of drug-likeness (QED) is 0.112. The van der Waals surface area contributed by atoms with Crippen molar-refractivity contribution < 1.29 is 25.6 Å². The zero-order chi connectivity index (χ0) is 47.6. The maximum atomic E-state index is 4.97. The minimum absolute atomic E-state index is 0. The SMILES string of the molecule is CC(C)(C)c1ccnc(-n2c3[c-]c(N(c4[c-]c(-n5[c-][n+](-c6c(-c7cccc8ccccc78)cccc6-c6cccc7ccccc67)c6ccccc65)ccc4)c4ccccc4)ccc3c3ccccc32)c1.[Pt]. The number of hydrogen-bond acceptors (Lipinski definition) is 2. The van der Waals surface area contributed by atoms with E-state index in [0.29, 0.717) is 0 Å². The Bertz CT molecular complexity index is 4070. The predicted octanol–water partition coefficient (Wildman–Crippen LogP) is 16.2. The van der Waals surface area contributed by atoms with E-state index in [4.69, 9.17) is 4.98 Å². The van der Waals surface area contributed by atoms with E-state index in [1.165, 1.54) is 27.1 Å². The number of hydrogen-bond donors (Lipinski definition) is 0. The number of benzene rings is 10. The van der Waals surface area contributed by atoms with Crippen molar-refractivity contribution in [3.05, 3.63) is 255 Å². The molecule has 13 rings (SSSR count). The number of fused-ring (bicyclic) bond motifs is 6. The number of imidazole rings is 1. The molecule has 0 radical (unpaired) electrons. The molecule has 0 fully saturated rings. The molecule has 5 nitrogen and oxygen atoms in total. The van der Waals surface area contributed by atoms with Crippen molar-refractivity contribution in [3.63, 3.8) is 0 Å². The van der Waals surface area contributed by atoms with Gasteiger partial charge in [-0.2, -0.15) is 24.3 Å². The third kappa shape index (κ3) is 7.60. The Hall–Kier alpha value is -8.37. The van der Waals surface area contributed by atoms with E-state index < -0.39 is 0 Å². The third-order valence-electron chi connectivity index (χ3n) is 13.9. The van der Waals surface area contributed by atoms with Gasteiger partial charge in [-0.1, -0.05) is 201 Å². The van der Waals surface area contributed by atoms with Gasteiger partial charge in [-0.3, -0.25) is 4.57 Å². The van der Waals surface area contributed by atoms with Crippen molar-refractivity contribution in [1.82, 2.24) is 14.1 Å². The molecule has 72 heavy (non-hydrogen) atoms. The van der Waals surface area contributed by atoms with Crippen LogP contribution in [0.2, 0.25) is 0 Å². The van der Waals surface area contributed by atoms with Crippen LogP contribution in [0.3, 0.4) is 0 Å². The fourth-order valence-electron chi connectivity index (χ4n) is 10.5. The van der Waals surface area contributed by atoms with Crippen LogP contribution in [0.5, 0.6) is 0 Å². The minimum Gasteiger partial charge on any atom is -0.359 e. The summed E-state index contributed by atoms with van der Waals surface area (Å²) < 4.78 is 6.69. The van der Waals surface area contributed by atoms with Crippen molar-refractivity contribution >= 4 is 71.4 Å². The molecular weight excluding hydrogens is 1060 g/mol. The maximum absolute atomic E-state index is 4.97. The largest absolute Gasteiger partial charge is 0.359 e. The predicted molar refractivity (Wildman–Crippen MR) is 293 cm³/mol. The van der Waals surface area contributed by atoms with E-state index in [0.717, 1.165) is 89.3 Å². The Kier molecular flexibility index (Phi) is 11.3. The van der Waals surface area contributed by atoms with Crippen molar-refractivity contribution in [2.75, 3.05) is 4.90 Å². The second-order valence-corrected chi connectivity index (χ2v) is 19.2. The Morgan fingerprint density at radius 1 is 0.486 bits per heavy atom. The van der Waals surface area contributed by atoms with Crippen LogP contribution in [0, 0.1) is 18.5 Å². The molecule has 3 aromatic heterocycles. The molecule has 0 aliphatic rings. The van der Waals surface area contributed by atoms with Crippen LogP contribution in [-0.4, -0.2) is 14.1 Å². The monoisotopic (exact) mass is 1100 g/mol. The first-order chi connectivity index (χ1) is 34.9. The average Bonchev–Trinajstić information content (AvgIpc) is 3.97. The van der Waals surface area contributed by atoms with Gasteiger partial charge in [-0.05, 0) is 96.2 Å². The summed E-state index contributed by atoms with van der Waals surface area (Å²) >= 11 is 0. The first-order valence-corrected chi connectivity index (χ1v) is 24.2. The Balaban J connectivity index is 0.00000530. The summed E-state index contributed by atoms with van der Waals surface area (Å²) in [5, 5.41) is 7.05. The summed E-state index contributed by atoms with van der Waals surface area (Å²) in [7, 11) is 0. The summed E-state index contributed by atoms with van der Waals surface area (Å²) in [6, 6.07) is 87.9. The summed E-state index contributed by atoms with van der Waals surface area (Å²) in [6.45, 7) is 6.73. The van der Waals surface area contributed by atoms with Gasteiger partial charge < -0.3 is 14.0 Å². The molecule has 0 atom stereocenters. The van der Waals surface area contributed by atoms with E-state index in [-0.39, 0.29) is 26.5 Å². The fourth-order valence-corrected chi connectivity index (χ4v) is 10.5. The maximum Gasteiger partial charge on any atom is 0.268 e. The van der Waals surface area contributed by atoms with Crippen LogP contribution in [-0.2, 0) is 26.5 Å². The molecule has 0 unspecified atom stereocenters. The van der Waals surface area contributed by atoms with Gasteiger partial charge in [0.05, 0.1) is 16.7 Å². The van der Waals surface area contributed by atoms with Crippen molar-refractivity contribution in [2.24, 2.45) is 0 Å². The smallest absolute Gasteiger partial charge is 0.268 e. The Morgan fingerprint density at radius 3 is 1.76 bits per heavy atom. The molecule has 0 bridgehead atoms. The second kappa shape index (κ2) is 18.1. The number of nitrogens with zero attached hydrogens (tertiary/aromatic N) is 5. The number of pyridine rings is 1. The summed E-state index contributed by atoms with van der Waals surface area (Å²) in [4.78, 5) is 7.22. The topological polar surface area (TPSA) is 29.9 Å². The summed E-state index contributed by atoms with van der Waals surface area (Å²) in [5.41, 5.74) is 14.5. The average molecular weight is 1110 g/mol. The van der Waals surface area contributed by atoms with Gasteiger partial charge in [0.2, 0.25) is 0 Å². The van der Waals surface area contributed by atoms with Crippen molar-refractivity contribution in [3.8, 4) is 39.4 Å². The van der Waals surface area contributed by atoms with Gasteiger partial charge in [-0.25, -0.2) is 4.98 Å². The molecule has 6 heteroatoms. The van der Waals surface area contributed by atoms with Gasteiger partial charge in [0.25, 0.3) is 6.33 Å². The van der Waals surface area contributed by atoms with E-state index >= 15 is 0 Å². The number of rotatable bonds is 8. The summed E-state index contributed by atoms with van der Waals surface area (Å²) in [6.07, 6.45) is 5.86. The molecule has 3 heterocycles. The Morgan fingerprint density at radius 2 is 1.06 bits per heavy atom. The van der Waals surface area contributed by atoms with Crippen LogP contribution < -0.4 is 9.47 Å². The third-order valence-corrected chi connectivity index (χ3v) is 13.9. The van der Waals surface area contributed by atoms with Gasteiger partial charge in [0.15, 0.2) is 0 Å². The molecule has 13 aromatic rings. The zero-order valence-electron chi connectivity index (χ0n) is 40.0. The Labute approximate surface area is 433 Å². The van der Waals surface area contributed by atoms with Crippen LogP contribution in [0.4, 0.5) is 17.1 Å². The molecule has 0 aliphatic carbocycles. The van der Waals surface area contributed by atoms with Gasteiger partial charge in [0.1, 0.15) is 5.82 Å². The van der Waals surface area contributed by atoms with Crippen LogP contribution in [0.15, 0.2) is 231 Å². The molecule has 348 valence electrons. The summed E-state index contributed by atoms with van der Waals surface area (Å²) in [5.74, 6) is 0.866. The number of para-hydroxylation sites is 5. The first-order valence-electron chi connectivity index (χ1n) is 24.2. The molecule has 0 amide bonds. The molecule has 0 saturated heterocycles. The van der Waals surface area contributed by atoms with Crippen molar-refractivity contribution in [1.29, 1.82) is 0 Å². The zero-order valence-corrected chi connectivity index (χ0v) is 42.3. The molecule has 0 spiro atoms. The minimum atomic E-state index is -0.0444. The van der Waals surface area contributed by atoms with Gasteiger partial charge in [0, 0.05) is 38.5 Å². The number of anilines is 3. The normalized spacial score (nSPS) is 11.7. The first kappa shape index (κ1) is 44.8. The number of aromatic nitrogens is 4. The van der Waals surface area contributed by atoms with Crippen LogP contribution in [0.1, 0.15) is 26.3 Å². The van der Waals surface area contributed by atoms with E-state index in [1.807, 2.05) is 6.20 Å². The van der Waals surface area contributed by atoms with Crippen LogP contribution in [0.25, 0.3) is 93.8 Å². The molecule has 0 N–H and O–H groups in total.